The molecule has 0 bridgehead atoms. The predicted octanol–water partition coefficient (Wildman–Crippen LogP) is 4.52. The molecule has 21 heavy (non-hydrogen) atoms. The Balaban J connectivity index is 0. The van der Waals surface area contributed by atoms with E-state index in [1.165, 1.54) is 0 Å². The van der Waals surface area contributed by atoms with Gasteiger partial charge in [0.15, 0.2) is 6.23 Å². The van der Waals surface area contributed by atoms with Crippen molar-refractivity contribution >= 4 is 6.21 Å². The molecule has 0 radical (unpaired) electrons. The summed E-state index contributed by atoms with van der Waals surface area (Å²) in [5.41, 5.74) is 2.96. The zero-order valence-corrected chi connectivity index (χ0v) is 15.3. The van der Waals surface area contributed by atoms with E-state index in [1.54, 1.807) is 0 Å². The van der Waals surface area contributed by atoms with Crippen molar-refractivity contribution in [3.8, 4) is 0 Å². The van der Waals surface area contributed by atoms with Gasteiger partial charge in [0, 0.05) is 11.8 Å². The quantitative estimate of drug-likeness (QED) is 0.430. The summed E-state index contributed by atoms with van der Waals surface area (Å²) in [4.78, 5) is 0. The first-order chi connectivity index (χ1) is 9.52. The van der Waals surface area contributed by atoms with Crippen LogP contribution in [0.3, 0.4) is 0 Å². The van der Waals surface area contributed by atoms with Crippen LogP contribution < -0.4 is 5.43 Å². The van der Waals surface area contributed by atoms with E-state index in [1.807, 2.05) is 33.9 Å². The smallest absolute Gasteiger partial charge is 0.165 e. The normalized spacial score (nSPS) is 14.1. The number of hydrazone groups is 1. The van der Waals surface area contributed by atoms with E-state index in [-0.39, 0.29) is 11.1 Å². The molecule has 0 aliphatic carbocycles. The highest BCUT2D eigenvalue weighted by molar-refractivity contribution is 5.56. The fourth-order valence-corrected chi connectivity index (χ4v) is 0.989. The molecule has 0 aromatic carbocycles. The average molecular weight is 300 g/mol. The SMILES string of the molecule is CCC/C=N/NC(C)(C)C.CCCC(O)N=NC(C)(C)C. The van der Waals surface area contributed by atoms with Crippen molar-refractivity contribution in [3.63, 3.8) is 0 Å². The molecule has 5 heteroatoms. The molecule has 0 saturated carbocycles. The van der Waals surface area contributed by atoms with Crippen LogP contribution in [0.25, 0.3) is 0 Å². The van der Waals surface area contributed by atoms with Crippen LogP contribution >= 0.6 is 0 Å². The maximum atomic E-state index is 9.15. The molecule has 0 fully saturated rings. The number of azo groups is 1. The van der Waals surface area contributed by atoms with Crippen LogP contribution in [0.5, 0.6) is 0 Å². The summed E-state index contributed by atoms with van der Waals surface area (Å²) in [5, 5.41) is 20.9. The molecule has 0 aliphatic heterocycles. The number of nitrogens with one attached hydrogen (secondary N) is 1. The Morgan fingerprint density at radius 3 is 2.00 bits per heavy atom. The largest absolute Gasteiger partial charge is 0.370 e. The van der Waals surface area contributed by atoms with Crippen LogP contribution in [0.4, 0.5) is 0 Å². The van der Waals surface area contributed by atoms with Crippen molar-refractivity contribution < 1.29 is 5.11 Å². The van der Waals surface area contributed by atoms with Gasteiger partial charge in [-0.3, -0.25) is 0 Å². The lowest BCUT2D eigenvalue weighted by Gasteiger charge is -2.16. The van der Waals surface area contributed by atoms with Gasteiger partial charge in [0.25, 0.3) is 0 Å². The summed E-state index contributed by atoms with van der Waals surface area (Å²) in [5.74, 6) is 0. The zero-order valence-electron chi connectivity index (χ0n) is 15.3. The van der Waals surface area contributed by atoms with Crippen molar-refractivity contribution in [1.82, 2.24) is 5.43 Å². The van der Waals surface area contributed by atoms with E-state index in [4.69, 9.17) is 5.11 Å². The monoisotopic (exact) mass is 300 g/mol. The summed E-state index contributed by atoms with van der Waals surface area (Å²) >= 11 is 0. The molecule has 0 spiro atoms. The van der Waals surface area contributed by atoms with Gasteiger partial charge in [-0.25, -0.2) is 0 Å². The molecule has 0 aliphatic rings. The minimum absolute atomic E-state index is 0.101. The van der Waals surface area contributed by atoms with E-state index >= 15 is 0 Å². The topological polar surface area (TPSA) is 69.3 Å². The maximum Gasteiger partial charge on any atom is 0.165 e. The van der Waals surface area contributed by atoms with E-state index in [2.05, 4.69) is 48.5 Å². The highest BCUT2D eigenvalue weighted by Gasteiger charge is 2.08. The number of aliphatic hydroxyl groups excluding tert-OH is 1. The first-order valence-electron chi connectivity index (χ1n) is 7.90. The van der Waals surface area contributed by atoms with Crippen LogP contribution in [0.1, 0.15) is 81.1 Å². The minimum Gasteiger partial charge on any atom is -0.370 e. The highest BCUT2D eigenvalue weighted by atomic mass is 16.3. The Hall–Kier alpha value is -0.970. The molecule has 0 aromatic rings. The molecule has 0 rings (SSSR count). The van der Waals surface area contributed by atoms with E-state index < -0.39 is 6.23 Å². The van der Waals surface area contributed by atoms with Crippen LogP contribution in [-0.4, -0.2) is 28.6 Å². The Kier molecular flexibility index (Phi) is 12.4. The third-order valence-electron chi connectivity index (χ3n) is 1.95. The number of rotatable bonds is 6. The lowest BCUT2D eigenvalue weighted by atomic mass is 10.1. The predicted molar refractivity (Wildman–Crippen MR) is 91.8 cm³/mol. The second kappa shape index (κ2) is 11.7. The minimum atomic E-state index is -0.612. The van der Waals surface area contributed by atoms with Crippen molar-refractivity contribution in [1.29, 1.82) is 0 Å². The van der Waals surface area contributed by atoms with Gasteiger partial charge in [-0.05, 0) is 54.4 Å². The van der Waals surface area contributed by atoms with Gasteiger partial charge in [-0.15, -0.1) is 0 Å². The third kappa shape index (κ3) is 24.4. The molecule has 0 heterocycles. The molecule has 0 amide bonds. The van der Waals surface area contributed by atoms with Crippen LogP contribution in [0, 0.1) is 0 Å². The highest BCUT2D eigenvalue weighted by Crippen LogP contribution is 2.09. The van der Waals surface area contributed by atoms with Crippen LogP contribution in [0.2, 0.25) is 0 Å². The molecule has 0 aromatic heterocycles. The van der Waals surface area contributed by atoms with Gasteiger partial charge >= 0.3 is 0 Å². The van der Waals surface area contributed by atoms with Gasteiger partial charge in [0.2, 0.25) is 0 Å². The molecular formula is C16H36N4O. The molecule has 0 saturated heterocycles. The maximum absolute atomic E-state index is 9.15. The summed E-state index contributed by atoms with van der Waals surface area (Å²) in [6.45, 7) is 16.3. The Labute approximate surface area is 131 Å². The molecule has 1 atom stereocenters. The van der Waals surface area contributed by atoms with E-state index in [0.717, 1.165) is 19.3 Å². The number of hydrogen-bond acceptors (Lipinski definition) is 5. The lowest BCUT2D eigenvalue weighted by molar-refractivity contribution is 0.160. The summed E-state index contributed by atoms with van der Waals surface area (Å²) in [6, 6.07) is 0. The first-order valence-corrected chi connectivity index (χ1v) is 7.90. The molecule has 2 N–H and O–H groups in total. The molecule has 1 unspecified atom stereocenters. The Morgan fingerprint density at radius 2 is 1.62 bits per heavy atom. The fraction of sp³-hybridized carbons (Fsp3) is 0.938. The van der Waals surface area contributed by atoms with Crippen molar-refractivity contribution in [2.24, 2.45) is 15.3 Å². The van der Waals surface area contributed by atoms with Crippen molar-refractivity contribution in [2.45, 2.75) is 98.4 Å². The van der Waals surface area contributed by atoms with E-state index in [0.29, 0.717) is 6.42 Å². The lowest BCUT2D eigenvalue weighted by Crippen LogP contribution is -2.31. The van der Waals surface area contributed by atoms with Crippen LogP contribution in [-0.2, 0) is 0 Å². The Morgan fingerprint density at radius 1 is 1.05 bits per heavy atom. The van der Waals surface area contributed by atoms with Gasteiger partial charge < -0.3 is 10.5 Å². The summed E-state index contributed by atoms with van der Waals surface area (Å²) in [6.07, 6.45) is 5.16. The fourth-order valence-electron chi connectivity index (χ4n) is 0.989. The summed E-state index contributed by atoms with van der Waals surface area (Å²) < 4.78 is 0. The van der Waals surface area contributed by atoms with Crippen molar-refractivity contribution in [3.05, 3.63) is 0 Å². The molecule has 5 nitrogen and oxygen atoms in total. The Bertz CT molecular complexity index is 288. The third-order valence-corrected chi connectivity index (χ3v) is 1.95. The second-order valence-electron chi connectivity index (χ2n) is 7.12. The van der Waals surface area contributed by atoms with Gasteiger partial charge in [0.05, 0.1) is 5.54 Å². The second-order valence-corrected chi connectivity index (χ2v) is 7.12. The number of hydrogen-bond donors (Lipinski definition) is 2. The van der Waals surface area contributed by atoms with Gasteiger partial charge in [0.1, 0.15) is 0 Å². The van der Waals surface area contributed by atoms with Crippen LogP contribution in [0.15, 0.2) is 15.3 Å². The first kappa shape index (κ1) is 22.3. The standard InChI is InChI=1S/C8H18N2O.C8H18N2/c1-5-6-7(11)9-10-8(2,3)4;1-5-6-7-9-10-8(2,3)4/h7,11H,5-6H2,1-4H3;7,10H,5-6H2,1-4H3/b;9-7+. The van der Waals surface area contributed by atoms with E-state index in [9.17, 15) is 0 Å². The number of unbranched alkanes of at least 4 members (excludes halogenated alkanes) is 1. The van der Waals surface area contributed by atoms with Gasteiger partial charge in [-0.2, -0.15) is 15.3 Å². The number of aliphatic hydroxyl groups is 1. The van der Waals surface area contributed by atoms with Crippen molar-refractivity contribution in [2.75, 3.05) is 0 Å². The molecule has 126 valence electrons. The molecular weight excluding hydrogens is 264 g/mol. The van der Waals surface area contributed by atoms with Gasteiger partial charge in [-0.1, -0.05) is 26.7 Å². The summed E-state index contributed by atoms with van der Waals surface area (Å²) in [7, 11) is 0. The average Bonchev–Trinajstić information content (AvgIpc) is 2.31. The zero-order chi connectivity index (χ0) is 16.9. The number of nitrogens with zero attached hydrogens (tertiary/aromatic N) is 3.